The fourth-order valence-corrected chi connectivity index (χ4v) is 6.56. The van der Waals surface area contributed by atoms with E-state index in [9.17, 15) is 9.59 Å². The van der Waals surface area contributed by atoms with Crippen molar-refractivity contribution in [3.63, 3.8) is 0 Å². The van der Waals surface area contributed by atoms with Crippen LogP contribution in [0.3, 0.4) is 0 Å². The van der Waals surface area contributed by atoms with Gasteiger partial charge in [-0.05, 0) is 57.2 Å². The van der Waals surface area contributed by atoms with Crippen molar-refractivity contribution in [3.8, 4) is 5.75 Å². The summed E-state index contributed by atoms with van der Waals surface area (Å²) in [5.41, 5.74) is 2.95. The lowest BCUT2D eigenvalue weighted by molar-refractivity contribution is -0.142. The number of fused-ring (bicyclic) bond motifs is 1. The van der Waals surface area contributed by atoms with Crippen molar-refractivity contribution in [2.75, 3.05) is 19.6 Å². The van der Waals surface area contributed by atoms with Gasteiger partial charge in [-0.3, -0.25) is 9.59 Å². The molecule has 2 fully saturated rings. The molecule has 1 aliphatic carbocycles. The van der Waals surface area contributed by atoms with Gasteiger partial charge >= 0.3 is 0 Å². The summed E-state index contributed by atoms with van der Waals surface area (Å²) in [5, 5.41) is 8.47. The van der Waals surface area contributed by atoms with Gasteiger partial charge in [0.15, 0.2) is 0 Å². The molecule has 2 atom stereocenters. The minimum absolute atomic E-state index is 0.0346. The van der Waals surface area contributed by atoms with Crippen LogP contribution in [0.25, 0.3) is 0 Å². The highest BCUT2D eigenvalue weighted by atomic mass is 79.9. The van der Waals surface area contributed by atoms with Crippen molar-refractivity contribution in [2.45, 2.75) is 84.4 Å². The number of rotatable bonds is 7. The number of benzene rings is 1. The van der Waals surface area contributed by atoms with Gasteiger partial charge in [-0.25, -0.2) is 4.68 Å². The lowest BCUT2D eigenvalue weighted by Crippen LogP contribution is -2.48. The summed E-state index contributed by atoms with van der Waals surface area (Å²) < 4.78 is 9.22. The zero-order valence-corrected chi connectivity index (χ0v) is 23.7. The molecule has 8 nitrogen and oxygen atoms in total. The number of likely N-dealkylation sites (tertiary alicyclic amines) is 1. The third-order valence-electron chi connectivity index (χ3n) is 8.23. The maximum Gasteiger partial charge on any atom is 0.226 e. The van der Waals surface area contributed by atoms with Gasteiger partial charge in [0.25, 0.3) is 0 Å². The van der Waals surface area contributed by atoms with Gasteiger partial charge in [0, 0.05) is 47.5 Å². The maximum atomic E-state index is 13.9. The Balaban J connectivity index is 1.47. The zero-order chi connectivity index (χ0) is 26.1. The van der Waals surface area contributed by atoms with E-state index in [2.05, 4.69) is 45.0 Å². The van der Waals surface area contributed by atoms with E-state index in [0.717, 1.165) is 66.5 Å². The third-order valence-corrected chi connectivity index (χ3v) is 8.97. The van der Waals surface area contributed by atoms with E-state index >= 15 is 0 Å². The van der Waals surface area contributed by atoms with Crippen LogP contribution in [-0.2, 0) is 22.6 Å². The highest BCUT2D eigenvalue weighted by Gasteiger charge is 2.40. The first-order valence-electron chi connectivity index (χ1n) is 13.8. The van der Waals surface area contributed by atoms with Crippen LogP contribution in [0, 0.1) is 11.8 Å². The normalized spacial score (nSPS) is 22.6. The zero-order valence-electron chi connectivity index (χ0n) is 22.2. The first kappa shape index (κ1) is 26.2. The van der Waals surface area contributed by atoms with Crippen LogP contribution in [0.1, 0.15) is 88.2 Å². The molecule has 9 heteroatoms. The molecule has 0 spiro atoms. The van der Waals surface area contributed by atoms with E-state index in [0.29, 0.717) is 19.7 Å². The molecule has 1 unspecified atom stereocenters. The van der Waals surface area contributed by atoms with E-state index in [1.165, 1.54) is 12.0 Å². The van der Waals surface area contributed by atoms with Gasteiger partial charge in [0.1, 0.15) is 18.1 Å². The molecule has 1 saturated carbocycles. The summed E-state index contributed by atoms with van der Waals surface area (Å²) in [7, 11) is 0. The molecule has 5 rings (SSSR count). The predicted octanol–water partition coefficient (Wildman–Crippen LogP) is 5.08. The van der Waals surface area contributed by atoms with Crippen LogP contribution >= 0.6 is 15.9 Å². The summed E-state index contributed by atoms with van der Waals surface area (Å²) in [6.45, 7) is 8.32. The molecule has 200 valence electrons. The summed E-state index contributed by atoms with van der Waals surface area (Å²) in [6.07, 6.45) is 8.90. The average molecular weight is 573 g/mol. The fraction of sp³-hybridized carbons (Fsp3) is 0.643. The van der Waals surface area contributed by atoms with Crippen LogP contribution < -0.4 is 4.74 Å². The van der Waals surface area contributed by atoms with Crippen molar-refractivity contribution >= 4 is 27.7 Å². The molecule has 0 radical (unpaired) electrons. The van der Waals surface area contributed by atoms with Gasteiger partial charge in [0.2, 0.25) is 11.8 Å². The minimum Gasteiger partial charge on any atom is -0.487 e. The van der Waals surface area contributed by atoms with Crippen LogP contribution in [0.5, 0.6) is 5.75 Å². The standard InChI is InChI=1S/C28H38BrN5O3/c1-18(2)34-15-21(30-31-34)17-37-25-10-9-23(29)22-12-14-33(28(36)20-7-5-4-6-8-20)24(26(22)25)16-32-13-11-19(3)27(32)35/h9-10,15,18-20,24H,4-8,11-14,16-17H2,1-3H3/t19?,24-/m1/s1. The number of nitrogens with zero attached hydrogens (tertiary/aromatic N) is 5. The summed E-state index contributed by atoms with van der Waals surface area (Å²) in [5.74, 6) is 1.28. The monoisotopic (exact) mass is 571 g/mol. The third kappa shape index (κ3) is 5.42. The lowest BCUT2D eigenvalue weighted by Gasteiger charge is -2.42. The van der Waals surface area contributed by atoms with Crippen molar-refractivity contribution in [2.24, 2.45) is 11.8 Å². The predicted molar refractivity (Wildman–Crippen MR) is 144 cm³/mol. The fourth-order valence-electron chi connectivity index (χ4n) is 6.01. The van der Waals surface area contributed by atoms with Crippen molar-refractivity contribution in [1.82, 2.24) is 24.8 Å². The molecule has 3 heterocycles. The quantitative estimate of drug-likeness (QED) is 0.463. The summed E-state index contributed by atoms with van der Waals surface area (Å²) in [6, 6.07) is 4.00. The Labute approximate surface area is 227 Å². The van der Waals surface area contributed by atoms with E-state index in [1.54, 1.807) is 0 Å². The number of amides is 2. The van der Waals surface area contributed by atoms with Crippen LogP contribution in [0.4, 0.5) is 0 Å². The molecule has 0 bridgehead atoms. The second-order valence-electron chi connectivity index (χ2n) is 11.1. The largest absolute Gasteiger partial charge is 0.487 e. The van der Waals surface area contributed by atoms with E-state index in [1.807, 2.05) is 34.8 Å². The first-order chi connectivity index (χ1) is 17.8. The van der Waals surface area contributed by atoms with Crippen LogP contribution in [0.15, 0.2) is 22.8 Å². The van der Waals surface area contributed by atoms with E-state index in [-0.39, 0.29) is 35.7 Å². The van der Waals surface area contributed by atoms with Gasteiger partial charge in [-0.15, -0.1) is 5.10 Å². The van der Waals surface area contributed by atoms with Crippen molar-refractivity contribution < 1.29 is 14.3 Å². The molecule has 3 aliphatic rings. The molecule has 1 aromatic heterocycles. The number of ether oxygens (including phenoxy) is 1. The van der Waals surface area contributed by atoms with Gasteiger partial charge in [-0.1, -0.05) is 47.3 Å². The molecule has 2 aliphatic heterocycles. The van der Waals surface area contributed by atoms with Crippen LogP contribution in [-0.4, -0.2) is 56.2 Å². The van der Waals surface area contributed by atoms with Crippen molar-refractivity contribution in [1.29, 1.82) is 0 Å². The highest BCUT2D eigenvalue weighted by Crippen LogP contribution is 2.43. The molecular formula is C28H38BrN5O3. The number of carbonyl (C=O) groups excluding carboxylic acids is 2. The topological polar surface area (TPSA) is 80.6 Å². The Hall–Kier alpha value is -2.42. The molecule has 37 heavy (non-hydrogen) atoms. The number of halogens is 1. The maximum absolute atomic E-state index is 13.9. The van der Waals surface area contributed by atoms with E-state index in [4.69, 9.17) is 4.74 Å². The van der Waals surface area contributed by atoms with Gasteiger partial charge in [-0.2, -0.15) is 0 Å². The molecular weight excluding hydrogens is 534 g/mol. The minimum atomic E-state index is -0.230. The molecule has 1 aromatic carbocycles. The van der Waals surface area contributed by atoms with E-state index < -0.39 is 0 Å². The Morgan fingerprint density at radius 3 is 2.62 bits per heavy atom. The molecule has 0 N–H and O–H groups in total. The molecule has 2 aromatic rings. The van der Waals surface area contributed by atoms with Gasteiger partial charge < -0.3 is 14.5 Å². The number of aromatic nitrogens is 3. The highest BCUT2D eigenvalue weighted by molar-refractivity contribution is 9.10. The lowest BCUT2D eigenvalue weighted by atomic mass is 9.85. The van der Waals surface area contributed by atoms with Crippen LogP contribution in [0.2, 0.25) is 0 Å². The summed E-state index contributed by atoms with van der Waals surface area (Å²) in [4.78, 5) is 30.8. The Morgan fingerprint density at radius 2 is 1.95 bits per heavy atom. The molecule has 2 amide bonds. The average Bonchev–Trinajstić information content (AvgIpc) is 3.51. The molecule has 1 saturated heterocycles. The Morgan fingerprint density at radius 1 is 1.16 bits per heavy atom. The second-order valence-corrected chi connectivity index (χ2v) is 12.0. The Bertz CT molecular complexity index is 1140. The SMILES string of the molecule is CC1CCN(C[C@@H]2c3c(OCc4cn(C(C)C)nn4)ccc(Br)c3CCN2C(=O)C2CCCCC2)C1=O. The second kappa shape index (κ2) is 11.1. The number of hydrogen-bond donors (Lipinski definition) is 0. The first-order valence-corrected chi connectivity index (χ1v) is 14.6. The van der Waals surface area contributed by atoms with Gasteiger partial charge in [0.05, 0.1) is 12.2 Å². The number of hydrogen-bond acceptors (Lipinski definition) is 5. The smallest absolute Gasteiger partial charge is 0.226 e. The number of carbonyl (C=O) groups is 2. The van der Waals surface area contributed by atoms with Crippen molar-refractivity contribution in [3.05, 3.63) is 39.6 Å². The Kier molecular flexibility index (Phi) is 7.88. The summed E-state index contributed by atoms with van der Waals surface area (Å²) >= 11 is 3.76.